The van der Waals surface area contributed by atoms with E-state index in [1.54, 1.807) is 0 Å². The Morgan fingerprint density at radius 1 is 1.56 bits per heavy atom. The lowest BCUT2D eigenvalue weighted by Crippen LogP contribution is -2.14. The number of carbonyl (C=O) groups excluding carboxylic acids is 1. The lowest BCUT2D eigenvalue weighted by atomic mass is 10.1. The standard InChI is InChI=1S/C12H13FN2O/c13-11-6-5-10(8-14-11)15-12(16)7-9-3-1-2-4-9/h1,3,5-6,8-9H,2,4,7H2,(H,15,16). The summed E-state index contributed by atoms with van der Waals surface area (Å²) in [6.45, 7) is 0. The Morgan fingerprint density at radius 2 is 2.44 bits per heavy atom. The quantitative estimate of drug-likeness (QED) is 0.628. The minimum absolute atomic E-state index is 0.0510. The molecule has 1 amide bonds. The Hall–Kier alpha value is -1.71. The van der Waals surface area contributed by atoms with Gasteiger partial charge in [-0.3, -0.25) is 4.79 Å². The monoisotopic (exact) mass is 220 g/mol. The Kier molecular flexibility index (Phi) is 3.29. The molecule has 1 unspecified atom stereocenters. The Balaban J connectivity index is 1.86. The minimum Gasteiger partial charge on any atom is -0.325 e. The number of allylic oxidation sites excluding steroid dienone is 2. The first-order valence-electron chi connectivity index (χ1n) is 5.32. The van der Waals surface area contributed by atoms with Crippen molar-refractivity contribution in [3.8, 4) is 0 Å². The third kappa shape index (κ3) is 2.89. The van der Waals surface area contributed by atoms with E-state index in [0.717, 1.165) is 12.8 Å². The van der Waals surface area contributed by atoms with Crippen LogP contribution in [0, 0.1) is 11.9 Å². The summed E-state index contributed by atoms with van der Waals surface area (Å²) in [6, 6.07) is 2.73. The summed E-state index contributed by atoms with van der Waals surface area (Å²) in [5, 5.41) is 2.69. The molecular formula is C12H13FN2O. The molecule has 1 heterocycles. The SMILES string of the molecule is O=C(CC1C=CCC1)Nc1ccc(F)nc1. The van der Waals surface area contributed by atoms with E-state index in [-0.39, 0.29) is 5.91 Å². The second kappa shape index (κ2) is 4.88. The Morgan fingerprint density at radius 3 is 3.06 bits per heavy atom. The average molecular weight is 220 g/mol. The van der Waals surface area contributed by atoms with Crippen molar-refractivity contribution in [1.82, 2.24) is 4.98 Å². The zero-order valence-electron chi connectivity index (χ0n) is 8.82. The summed E-state index contributed by atoms with van der Waals surface area (Å²) >= 11 is 0. The van der Waals surface area contributed by atoms with E-state index in [1.165, 1.54) is 18.3 Å². The molecule has 0 aliphatic heterocycles. The second-order valence-electron chi connectivity index (χ2n) is 3.89. The maximum absolute atomic E-state index is 12.5. The third-order valence-electron chi connectivity index (χ3n) is 2.57. The van der Waals surface area contributed by atoms with E-state index in [4.69, 9.17) is 0 Å². The van der Waals surface area contributed by atoms with E-state index >= 15 is 0 Å². The van der Waals surface area contributed by atoms with Crippen molar-refractivity contribution in [2.24, 2.45) is 5.92 Å². The lowest BCUT2D eigenvalue weighted by Gasteiger charge is -2.08. The second-order valence-corrected chi connectivity index (χ2v) is 3.89. The Bertz CT molecular complexity index is 400. The van der Waals surface area contributed by atoms with Crippen molar-refractivity contribution in [2.45, 2.75) is 19.3 Å². The summed E-state index contributed by atoms with van der Waals surface area (Å²) < 4.78 is 12.5. The summed E-state index contributed by atoms with van der Waals surface area (Å²) in [5.74, 6) is -0.255. The van der Waals surface area contributed by atoms with Crippen molar-refractivity contribution in [3.05, 3.63) is 36.4 Å². The van der Waals surface area contributed by atoms with E-state index in [0.29, 0.717) is 18.0 Å². The fourth-order valence-electron chi connectivity index (χ4n) is 1.77. The number of hydrogen-bond acceptors (Lipinski definition) is 2. The highest BCUT2D eigenvalue weighted by Crippen LogP contribution is 2.20. The molecule has 0 saturated heterocycles. The van der Waals surface area contributed by atoms with E-state index in [1.807, 2.05) is 0 Å². The van der Waals surface area contributed by atoms with Gasteiger partial charge in [-0.05, 0) is 30.9 Å². The number of aromatic nitrogens is 1. The number of pyridine rings is 1. The number of halogens is 1. The van der Waals surface area contributed by atoms with E-state index in [2.05, 4.69) is 22.5 Å². The molecule has 1 N–H and O–H groups in total. The lowest BCUT2D eigenvalue weighted by molar-refractivity contribution is -0.116. The molecule has 1 aromatic rings. The van der Waals surface area contributed by atoms with Crippen LogP contribution in [0.2, 0.25) is 0 Å². The molecule has 1 aliphatic rings. The smallest absolute Gasteiger partial charge is 0.225 e. The number of rotatable bonds is 3. The highest BCUT2D eigenvalue weighted by Gasteiger charge is 2.13. The van der Waals surface area contributed by atoms with Crippen molar-refractivity contribution in [2.75, 3.05) is 5.32 Å². The number of carbonyl (C=O) groups is 1. The minimum atomic E-state index is -0.545. The normalized spacial score (nSPS) is 18.7. The fraction of sp³-hybridized carbons (Fsp3) is 0.333. The molecule has 1 aliphatic carbocycles. The van der Waals surface area contributed by atoms with Crippen molar-refractivity contribution >= 4 is 11.6 Å². The Labute approximate surface area is 93.4 Å². The highest BCUT2D eigenvalue weighted by atomic mass is 19.1. The van der Waals surface area contributed by atoms with Gasteiger partial charge in [-0.1, -0.05) is 12.2 Å². The number of amides is 1. The molecule has 3 nitrogen and oxygen atoms in total. The van der Waals surface area contributed by atoms with Crippen LogP contribution in [0.5, 0.6) is 0 Å². The zero-order chi connectivity index (χ0) is 11.4. The van der Waals surface area contributed by atoms with Crippen molar-refractivity contribution in [1.29, 1.82) is 0 Å². The molecular weight excluding hydrogens is 207 g/mol. The average Bonchev–Trinajstić information content (AvgIpc) is 2.74. The summed E-state index contributed by atoms with van der Waals surface area (Å²) in [5.41, 5.74) is 0.536. The summed E-state index contributed by atoms with van der Waals surface area (Å²) in [7, 11) is 0. The van der Waals surface area contributed by atoms with E-state index < -0.39 is 5.95 Å². The van der Waals surface area contributed by atoms with Gasteiger partial charge >= 0.3 is 0 Å². The van der Waals surface area contributed by atoms with Gasteiger partial charge in [0, 0.05) is 6.42 Å². The van der Waals surface area contributed by atoms with Gasteiger partial charge in [0.15, 0.2) is 0 Å². The van der Waals surface area contributed by atoms with Gasteiger partial charge in [0.2, 0.25) is 11.9 Å². The predicted octanol–water partition coefficient (Wildman–Crippen LogP) is 2.52. The first-order valence-corrected chi connectivity index (χ1v) is 5.32. The van der Waals surface area contributed by atoms with Crippen LogP contribution in [-0.4, -0.2) is 10.9 Å². The molecule has 0 fully saturated rings. The maximum atomic E-state index is 12.5. The molecule has 84 valence electrons. The number of anilines is 1. The molecule has 16 heavy (non-hydrogen) atoms. The number of nitrogens with one attached hydrogen (secondary N) is 1. The molecule has 0 radical (unpaired) electrons. The molecule has 0 aromatic carbocycles. The first-order chi connectivity index (χ1) is 7.74. The molecule has 2 rings (SSSR count). The van der Waals surface area contributed by atoms with E-state index in [9.17, 15) is 9.18 Å². The largest absolute Gasteiger partial charge is 0.325 e. The van der Waals surface area contributed by atoms with Crippen molar-refractivity contribution < 1.29 is 9.18 Å². The molecule has 4 heteroatoms. The molecule has 1 aromatic heterocycles. The van der Waals surface area contributed by atoms with Crippen LogP contribution in [0.15, 0.2) is 30.5 Å². The molecule has 0 bridgehead atoms. The summed E-state index contributed by atoms with van der Waals surface area (Å²) in [6.07, 6.45) is 8.05. The molecule has 0 saturated carbocycles. The topological polar surface area (TPSA) is 42.0 Å². The molecule has 1 atom stereocenters. The summed E-state index contributed by atoms with van der Waals surface area (Å²) in [4.78, 5) is 15.1. The van der Waals surface area contributed by atoms with Crippen LogP contribution in [0.4, 0.5) is 10.1 Å². The number of hydrogen-bond donors (Lipinski definition) is 1. The predicted molar refractivity (Wildman–Crippen MR) is 59.3 cm³/mol. The first kappa shape index (κ1) is 10.8. The highest BCUT2D eigenvalue weighted by molar-refractivity contribution is 5.90. The van der Waals surface area contributed by atoms with Gasteiger partial charge in [-0.2, -0.15) is 4.39 Å². The maximum Gasteiger partial charge on any atom is 0.225 e. The van der Waals surface area contributed by atoms with Crippen LogP contribution in [0.25, 0.3) is 0 Å². The van der Waals surface area contributed by atoms with Gasteiger partial charge in [0.25, 0.3) is 0 Å². The third-order valence-corrected chi connectivity index (χ3v) is 2.57. The van der Waals surface area contributed by atoms with Crippen molar-refractivity contribution in [3.63, 3.8) is 0 Å². The van der Waals surface area contributed by atoms with Gasteiger partial charge in [-0.25, -0.2) is 4.98 Å². The van der Waals surface area contributed by atoms with Gasteiger partial charge < -0.3 is 5.32 Å². The van der Waals surface area contributed by atoms with Gasteiger partial charge in [0.05, 0.1) is 11.9 Å². The van der Waals surface area contributed by atoms with Crippen LogP contribution in [0.1, 0.15) is 19.3 Å². The van der Waals surface area contributed by atoms with Crippen LogP contribution < -0.4 is 5.32 Å². The van der Waals surface area contributed by atoms with Crippen LogP contribution in [-0.2, 0) is 4.79 Å². The molecule has 0 spiro atoms. The fourth-order valence-corrected chi connectivity index (χ4v) is 1.77. The van der Waals surface area contributed by atoms with Gasteiger partial charge in [0.1, 0.15) is 0 Å². The van der Waals surface area contributed by atoms with Gasteiger partial charge in [-0.15, -0.1) is 0 Å². The van der Waals surface area contributed by atoms with Crippen LogP contribution in [0.3, 0.4) is 0 Å². The number of nitrogens with zero attached hydrogens (tertiary/aromatic N) is 1. The van der Waals surface area contributed by atoms with Crippen LogP contribution >= 0.6 is 0 Å². The zero-order valence-corrected chi connectivity index (χ0v) is 8.82.